The molecule has 3 heterocycles. The highest BCUT2D eigenvalue weighted by atomic mass is 19.1. The monoisotopic (exact) mass is 383 g/mol. The van der Waals surface area contributed by atoms with Crippen LogP contribution in [0.15, 0.2) is 41.2 Å². The molecule has 1 aromatic carbocycles. The van der Waals surface area contributed by atoms with Gasteiger partial charge >= 0.3 is 0 Å². The Morgan fingerprint density at radius 2 is 2.11 bits per heavy atom. The minimum atomic E-state index is -0.508. The molecule has 2 aromatic rings. The summed E-state index contributed by atoms with van der Waals surface area (Å²) < 4.78 is 20.0. The van der Waals surface area contributed by atoms with Crippen molar-refractivity contribution in [1.82, 2.24) is 10.5 Å². The molecule has 2 atom stereocenters. The number of nitrogens with two attached hydrogens (primary N) is 2. The van der Waals surface area contributed by atoms with Crippen LogP contribution in [0.25, 0.3) is 5.57 Å². The van der Waals surface area contributed by atoms with Gasteiger partial charge < -0.3 is 21.0 Å². The lowest BCUT2D eigenvalue weighted by Gasteiger charge is -2.21. The maximum Gasteiger partial charge on any atom is 0.166 e. The van der Waals surface area contributed by atoms with E-state index in [0.29, 0.717) is 22.6 Å². The number of aliphatic imine (C=N–C) groups is 1. The molecule has 2 aliphatic rings. The van der Waals surface area contributed by atoms with Crippen molar-refractivity contribution >= 4 is 17.2 Å². The van der Waals surface area contributed by atoms with Gasteiger partial charge in [-0.1, -0.05) is 6.92 Å². The van der Waals surface area contributed by atoms with E-state index in [4.69, 9.17) is 21.0 Å². The third-order valence-electron chi connectivity index (χ3n) is 5.00. The first kappa shape index (κ1) is 18.2. The Morgan fingerprint density at radius 1 is 1.29 bits per heavy atom. The number of rotatable bonds is 1. The second kappa shape index (κ2) is 7.12. The van der Waals surface area contributed by atoms with E-state index in [1.807, 2.05) is 13.0 Å². The maximum absolute atomic E-state index is 13.9. The first-order valence-electron chi connectivity index (χ1n) is 9.15. The number of amidine groups is 1. The van der Waals surface area contributed by atoms with Gasteiger partial charge in [-0.25, -0.2) is 9.37 Å². The highest BCUT2D eigenvalue weighted by Gasteiger charge is 2.29. The third kappa shape index (κ3) is 3.16. The number of ether oxygens (including phenoxy) is 1. The Labute approximate surface area is 162 Å². The van der Waals surface area contributed by atoms with E-state index in [9.17, 15) is 4.39 Å². The smallest absolute Gasteiger partial charge is 0.166 e. The molecule has 1 aromatic heterocycles. The lowest BCUT2D eigenvalue weighted by atomic mass is 9.97. The number of nitrogen functional groups attached to an aromatic ring is 1. The molecule has 2 aliphatic heterocycles. The molecule has 7 nitrogen and oxygen atoms in total. The van der Waals surface area contributed by atoms with Gasteiger partial charge in [-0.3, -0.25) is 4.99 Å². The molecule has 28 heavy (non-hydrogen) atoms. The number of hydroxylamine groups is 1. The summed E-state index contributed by atoms with van der Waals surface area (Å²) >= 11 is 0. The average Bonchev–Trinajstić information content (AvgIpc) is 3.10. The zero-order chi connectivity index (χ0) is 19.8. The molecule has 5 N–H and O–H groups in total. The number of hydrogen-bond donors (Lipinski definition) is 3. The standard InChI is InChI=1S/C20H22FN5O2/c1-3-15-18-11-6-16(20(23)24-8-11)27-10(2)14-7-12(21)4-5-13(14)19(22)25-9-17(18)28-26-15/h4-8,10,15,26H,3,9H2,1-2H3,(H2,22,25)(H2,23,24)/t10-,15?/m1/s1. The second-order valence-electron chi connectivity index (χ2n) is 6.82. The van der Waals surface area contributed by atoms with Gasteiger partial charge in [0, 0.05) is 28.5 Å². The van der Waals surface area contributed by atoms with Crippen molar-refractivity contribution in [1.29, 1.82) is 0 Å². The number of hydrogen-bond acceptors (Lipinski definition) is 7. The fourth-order valence-corrected chi connectivity index (χ4v) is 3.51. The van der Waals surface area contributed by atoms with Gasteiger partial charge in [0.2, 0.25) is 0 Å². The summed E-state index contributed by atoms with van der Waals surface area (Å²) in [5, 5.41) is 0. The first-order valence-corrected chi connectivity index (χ1v) is 9.15. The van der Waals surface area contributed by atoms with Gasteiger partial charge in [-0.2, -0.15) is 0 Å². The quantitative estimate of drug-likeness (QED) is 0.699. The predicted molar refractivity (Wildman–Crippen MR) is 105 cm³/mol. The highest BCUT2D eigenvalue weighted by molar-refractivity contribution is 5.99. The Kier molecular flexibility index (Phi) is 4.64. The Morgan fingerprint density at radius 3 is 2.89 bits per heavy atom. The molecule has 0 spiro atoms. The normalized spacial score (nSPS) is 21.5. The molecule has 0 aliphatic carbocycles. The van der Waals surface area contributed by atoms with Gasteiger partial charge in [0.15, 0.2) is 17.3 Å². The lowest BCUT2D eigenvalue weighted by molar-refractivity contribution is 0.114. The summed E-state index contributed by atoms with van der Waals surface area (Å²) in [4.78, 5) is 14.4. The Hall–Kier alpha value is -3.13. The molecule has 8 heteroatoms. The molecule has 0 radical (unpaired) electrons. The number of pyridine rings is 1. The highest BCUT2D eigenvalue weighted by Crippen LogP contribution is 2.35. The molecular weight excluding hydrogens is 361 g/mol. The number of fused-ring (bicyclic) bond motifs is 4. The van der Waals surface area contributed by atoms with Crippen molar-refractivity contribution in [2.45, 2.75) is 32.4 Å². The number of anilines is 1. The van der Waals surface area contributed by atoms with E-state index in [-0.39, 0.29) is 30.1 Å². The van der Waals surface area contributed by atoms with Gasteiger partial charge in [0.1, 0.15) is 24.3 Å². The van der Waals surface area contributed by atoms with E-state index in [1.165, 1.54) is 12.1 Å². The fraction of sp³-hybridized carbons (Fsp3) is 0.300. The van der Waals surface area contributed by atoms with Crippen molar-refractivity contribution < 1.29 is 14.0 Å². The van der Waals surface area contributed by atoms with Gasteiger partial charge in [0.25, 0.3) is 0 Å². The van der Waals surface area contributed by atoms with Gasteiger partial charge in [0.05, 0.1) is 6.04 Å². The van der Waals surface area contributed by atoms with Crippen molar-refractivity contribution in [3.8, 4) is 5.75 Å². The third-order valence-corrected chi connectivity index (χ3v) is 5.00. The molecule has 2 bridgehead atoms. The SMILES string of the molecule is CCC1NOC2=C1c1cnc(N)c(c1)O[C@H](C)c1cc(F)ccc1C(N)=NC2. The maximum atomic E-state index is 13.9. The molecule has 4 rings (SSSR count). The summed E-state index contributed by atoms with van der Waals surface area (Å²) in [5.41, 5.74) is 18.2. The fourth-order valence-electron chi connectivity index (χ4n) is 3.51. The molecule has 0 saturated carbocycles. The number of benzene rings is 1. The number of halogens is 1. The van der Waals surface area contributed by atoms with Crippen LogP contribution < -0.4 is 21.7 Å². The van der Waals surface area contributed by atoms with Crippen LogP contribution in [0.4, 0.5) is 10.2 Å². The van der Waals surface area contributed by atoms with Crippen LogP contribution in [0.3, 0.4) is 0 Å². The zero-order valence-electron chi connectivity index (χ0n) is 15.7. The summed E-state index contributed by atoms with van der Waals surface area (Å²) in [7, 11) is 0. The lowest BCUT2D eigenvalue weighted by Crippen LogP contribution is -2.22. The molecule has 1 unspecified atom stereocenters. The van der Waals surface area contributed by atoms with E-state index >= 15 is 0 Å². The number of nitrogens with zero attached hydrogens (tertiary/aromatic N) is 2. The molecule has 0 fully saturated rings. The Bertz CT molecular complexity index is 989. The van der Waals surface area contributed by atoms with E-state index in [0.717, 1.165) is 17.6 Å². The van der Waals surface area contributed by atoms with Gasteiger partial charge in [-0.15, -0.1) is 5.48 Å². The molecule has 0 saturated heterocycles. The Balaban J connectivity index is 1.91. The minimum Gasteiger partial charge on any atom is -0.482 e. The van der Waals surface area contributed by atoms with Crippen molar-refractivity contribution in [3.63, 3.8) is 0 Å². The topological polar surface area (TPSA) is 108 Å². The van der Waals surface area contributed by atoms with E-state index < -0.39 is 6.10 Å². The van der Waals surface area contributed by atoms with Gasteiger partial charge in [-0.05, 0) is 37.6 Å². The van der Waals surface area contributed by atoms with Crippen LogP contribution >= 0.6 is 0 Å². The van der Waals surface area contributed by atoms with E-state index in [1.54, 1.807) is 12.3 Å². The molecule has 0 amide bonds. The zero-order valence-corrected chi connectivity index (χ0v) is 15.7. The number of nitrogens with one attached hydrogen (secondary N) is 1. The average molecular weight is 383 g/mol. The van der Waals surface area contributed by atoms with Crippen LogP contribution in [-0.2, 0) is 4.84 Å². The van der Waals surface area contributed by atoms with Crippen molar-refractivity contribution in [2.75, 3.05) is 12.3 Å². The van der Waals surface area contributed by atoms with Crippen LogP contribution in [-0.4, -0.2) is 23.4 Å². The van der Waals surface area contributed by atoms with E-state index in [2.05, 4.69) is 22.4 Å². The summed E-state index contributed by atoms with van der Waals surface area (Å²) in [5.74, 6) is 1.24. The molecular formula is C20H22FN5O2. The number of aromatic nitrogens is 1. The van der Waals surface area contributed by atoms with Crippen molar-refractivity contribution in [3.05, 3.63) is 58.7 Å². The first-order chi connectivity index (χ1) is 13.5. The minimum absolute atomic E-state index is 0.00792. The summed E-state index contributed by atoms with van der Waals surface area (Å²) in [6, 6.07) is 6.17. The van der Waals surface area contributed by atoms with Crippen LogP contribution in [0.5, 0.6) is 5.75 Å². The van der Waals surface area contributed by atoms with Crippen LogP contribution in [0.2, 0.25) is 0 Å². The van der Waals surface area contributed by atoms with Crippen molar-refractivity contribution in [2.24, 2.45) is 10.7 Å². The molecule has 146 valence electrons. The van der Waals surface area contributed by atoms with Crippen LogP contribution in [0.1, 0.15) is 43.1 Å². The van der Waals surface area contributed by atoms with Crippen LogP contribution in [0, 0.1) is 5.82 Å². The second-order valence-corrected chi connectivity index (χ2v) is 6.82. The summed E-state index contributed by atoms with van der Waals surface area (Å²) in [6.45, 7) is 4.11. The predicted octanol–water partition coefficient (Wildman–Crippen LogP) is 2.69. The summed E-state index contributed by atoms with van der Waals surface area (Å²) in [6.07, 6.45) is 2.00. The largest absolute Gasteiger partial charge is 0.482 e.